The second kappa shape index (κ2) is 6.66. The number of carboxylic acids is 1. The molecule has 2 N–H and O–H groups in total. The maximum absolute atomic E-state index is 11.5. The summed E-state index contributed by atoms with van der Waals surface area (Å²) in [7, 11) is 0. The molecule has 0 bridgehead atoms. The number of benzene rings is 1. The lowest BCUT2D eigenvalue weighted by molar-refractivity contribution is -0.136. The molecule has 0 spiro atoms. The van der Waals surface area contributed by atoms with Crippen molar-refractivity contribution in [3.8, 4) is 0 Å². The fourth-order valence-electron chi connectivity index (χ4n) is 1.04. The zero-order valence-corrected chi connectivity index (χ0v) is 11.5. The van der Waals surface area contributed by atoms with Crippen molar-refractivity contribution in [2.24, 2.45) is 0 Å². The number of carbonyl (C=O) groups excluding carboxylic acids is 1. The number of anilines is 1. The highest BCUT2D eigenvalue weighted by molar-refractivity contribution is 9.10. The number of halogens is 1. The summed E-state index contributed by atoms with van der Waals surface area (Å²) in [6.07, 6.45) is 0. The Morgan fingerprint density at radius 1 is 1.53 bits per heavy atom. The van der Waals surface area contributed by atoms with E-state index in [2.05, 4.69) is 21.2 Å². The number of carbonyl (C=O) groups is 2. The SMILES string of the molecule is CC(SCC(=O)Nc1cccc(Br)c1)C(=O)O. The predicted molar refractivity (Wildman–Crippen MR) is 72.3 cm³/mol. The minimum atomic E-state index is -0.912. The Hall–Kier alpha value is -1.01. The van der Waals surface area contributed by atoms with Gasteiger partial charge in [-0.2, -0.15) is 0 Å². The fourth-order valence-corrected chi connectivity index (χ4v) is 2.05. The van der Waals surface area contributed by atoms with Gasteiger partial charge in [0.25, 0.3) is 0 Å². The summed E-state index contributed by atoms with van der Waals surface area (Å²) in [5.41, 5.74) is 0.688. The molecule has 0 aliphatic rings. The Labute approximate surface area is 112 Å². The topological polar surface area (TPSA) is 66.4 Å². The molecule has 1 amide bonds. The lowest BCUT2D eigenvalue weighted by atomic mass is 10.3. The molecule has 92 valence electrons. The third-order valence-corrected chi connectivity index (χ3v) is 3.54. The van der Waals surface area contributed by atoms with Crippen molar-refractivity contribution in [2.75, 3.05) is 11.1 Å². The van der Waals surface area contributed by atoms with Crippen molar-refractivity contribution < 1.29 is 14.7 Å². The van der Waals surface area contributed by atoms with Crippen molar-refractivity contribution in [1.29, 1.82) is 0 Å². The van der Waals surface area contributed by atoms with Crippen LogP contribution in [0.5, 0.6) is 0 Å². The van der Waals surface area contributed by atoms with E-state index in [4.69, 9.17) is 5.11 Å². The Morgan fingerprint density at radius 3 is 2.82 bits per heavy atom. The molecule has 0 saturated carbocycles. The van der Waals surface area contributed by atoms with E-state index in [1.165, 1.54) is 0 Å². The number of thioether (sulfide) groups is 1. The third-order valence-electron chi connectivity index (χ3n) is 1.92. The number of carboxylic acid groups (broad SMARTS) is 1. The van der Waals surface area contributed by atoms with E-state index in [0.29, 0.717) is 5.69 Å². The van der Waals surface area contributed by atoms with Gasteiger partial charge in [0.1, 0.15) is 0 Å². The van der Waals surface area contributed by atoms with Gasteiger partial charge < -0.3 is 10.4 Å². The molecule has 1 aromatic carbocycles. The van der Waals surface area contributed by atoms with E-state index in [1.54, 1.807) is 19.1 Å². The number of amides is 1. The van der Waals surface area contributed by atoms with Crippen LogP contribution in [0.3, 0.4) is 0 Å². The Balaban J connectivity index is 2.42. The van der Waals surface area contributed by atoms with Gasteiger partial charge in [-0.3, -0.25) is 9.59 Å². The van der Waals surface area contributed by atoms with Crippen LogP contribution in [-0.4, -0.2) is 28.0 Å². The summed E-state index contributed by atoms with van der Waals surface area (Å²) in [5, 5.41) is 10.8. The Kier molecular flexibility index (Phi) is 5.50. The van der Waals surface area contributed by atoms with Gasteiger partial charge in [0.05, 0.1) is 11.0 Å². The number of hydrogen-bond acceptors (Lipinski definition) is 3. The minimum absolute atomic E-state index is 0.125. The molecular formula is C11H12BrNO3S. The molecule has 6 heteroatoms. The summed E-state index contributed by atoms with van der Waals surface area (Å²) in [6.45, 7) is 1.55. The lowest BCUT2D eigenvalue weighted by Gasteiger charge is -2.07. The standard InChI is InChI=1S/C11H12BrNO3S/c1-7(11(15)16)17-6-10(14)13-9-4-2-3-8(12)5-9/h2-5,7H,6H2,1H3,(H,13,14)(H,15,16). The number of nitrogens with one attached hydrogen (secondary N) is 1. The average molecular weight is 318 g/mol. The molecule has 0 aromatic heterocycles. The zero-order chi connectivity index (χ0) is 12.8. The van der Waals surface area contributed by atoms with E-state index in [0.717, 1.165) is 16.2 Å². The van der Waals surface area contributed by atoms with Crippen LogP contribution in [0, 0.1) is 0 Å². The minimum Gasteiger partial charge on any atom is -0.480 e. The molecule has 0 heterocycles. The first kappa shape index (κ1) is 14.1. The maximum Gasteiger partial charge on any atom is 0.316 e. The van der Waals surface area contributed by atoms with E-state index in [-0.39, 0.29) is 11.7 Å². The van der Waals surface area contributed by atoms with Gasteiger partial charge in [-0.25, -0.2) is 0 Å². The highest BCUT2D eigenvalue weighted by atomic mass is 79.9. The van der Waals surface area contributed by atoms with Crippen molar-refractivity contribution in [1.82, 2.24) is 0 Å². The maximum atomic E-state index is 11.5. The van der Waals surface area contributed by atoms with Crippen LogP contribution >= 0.6 is 27.7 Å². The quantitative estimate of drug-likeness (QED) is 0.876. The fraction of sp³-hybridized carbons (Fsp3) is 0.273. The second-order valence-electron chi connectivity index (χ2n) is 3.35. The first-order chi connectivity index (χ1) is 7.99. The molecule has 1 atom stereocenters. The Morgan fingerprint density at radius 2 is 2.24 bits per heavy atom. The van der Waals surface area contributed by atoms with Gasteiger partial charge in [0, 0.05) is 10.2 Å². The smallest absolute Gasteiger partial charge is 0.316 e. The summed E-state index contributed by atoms with van der Waals surface area (Å²) in [6, 6.07) is 7.22. The number of rotatable bonds is 5. The summed E-state index contributed by atoms with van der Waals surface area (Å²) >= 11 is 4.39. The van der Waals surface area contributed by atoms with E-state index in [1.807, 2.05) is 12.1 Å². The molecular weight excluding hydrogens is 306 g/mol. The van der Waals surface area contributed by atoms with Crippen LogP contribution in [0.2, 0.25) is 0 Å². The van der Waals surface area contributed by atoms with Crippen molar-refractivity contribution >= 4 is 45.3 Å². The molecule has 1 aromatic rings. The van der Waals surface area contributed by atoms with Gasteiger partial charge in [0.2, 0.25) is 5.91 Å². The molecule has 0 radical (unpaired) electrons. The van der Waals surface area contributed by atoms with Gasteiger partial charge in [0.15, 0.2) is 0 Å². The van der Waals surface area contributed by atoms with Gasteiger partial charge >= 0.3 is 5.97 Å². The monoisotopic (exact) mass is 317 g/mol. The zero-order valence-electron chi connectivity index (χ0n) is 9.14. The molecule has 0 aliphatic carbocycles. The Bertz CT molecular complexity index is 425. The molecule has 0 aliphatic heterocycles. The van der Waals surface area contributed by atoms with Gasteiger partial charge in [-0.1, -0.05) is 22.0 Å². The molecule has 1 unspecified atom stereocenters. The average Bonchev–Trinajstić information content (AvgIpc) is 2.25. The summed E-state index contributed by atoms with van der Waals surface area (Å²) < 4.78 is 0.877. The summed E-state index contributed by atoms with van der Waals surface area (Å²) in [5.74, 6) is -0.994. The first-order valence-corrected chi connectivity index (χ1v) is 6.73. The van der Waals surface area contributed by atoms with Crippen LogP contribution in [0.25, 0.3) is 0 Å². The number of hydrogen-bond donors (Lipinski definition) is 2. The molecule has 17 heavy (non-hydrogen) atoms. The normalized spacial score (nSPS) is 11.9. The van der Waals surface area contributed by atoms with Crippen LogP contribution in [0.1, 0.15) is 6.92 Å². The predicted octanol–water partition coefficient (Wildman–Crippen LogP) is 2.59. The largest absolute Gasteiger partial charge is 0.480 e. The molecule has 0 saturated heterocycles. The third kappa shape index (κ3) is 5.23. The van der Waals surface area contributed by atoms with E-state index >= 15 is 0 Å². The van der Waals surface area contributed by atoms with Crippen molar-refractivity contribution in [3.05, 3.63) is 28.7 Å². The van der Waals surface area contributed by atoms with Crippen LogP contribution in [0.15, 0.2) is 28.7 Å². The van der Waals surface area contributed by atoms with Gasteiger partial charge in [-0.05, 0) is 25.1 Å². The first-order valence-electron chi connectivity index (χ1n) is 4.89. The van der Waals surface area contributed by atoms with Crippen LogP contribution in [0.4, 0.5) is 5.69 Å². The molecule has 0 fully saturated rings. The van der Waals surface area contributed by atoms with Crippen LogP contribution < -0.4 is 5.32 Å². The highest BCUT2D eigenvalue weighted by Crippen LogP contribution is 2.16. The van der Waals surface area contributed by atoms with Crippen molar-refractivity contribution in [2.45, 2.75) is 12.2 Å². The van der Waals surface area contributed by atoms with E-state index < -0.39 is 11.2 Å². The lowest BCUT2D eigenvalue weighted by Crippen LogP contribution is -2.19. The van der Waals surface area contributed by atoms with Crippen molar-refractivity contribution in [3.63, 3.8) is 0 Å². The van der Waals surface area contributed by atoms with E-state index in [9.17, 15) is 9.59 Å². The molecule has 1 rings (SSSR count). The molecule has 4 nitrogen and oxygen atoms in total. The van der Waals surface area contributed by atoms with Gasteiger partial charge in [-0.15, -0.1) is 11.8 Å². The highest BCUT2D eigenvalue weighted by Gasteiger charge is 2.13. The number of aliphatic carboxylic acids is 1. The second-order valence-corrected chi connectivity index (χ2v) is 5.59. The van der Waals surface area contributed by atoms with Crippen LogP contribution in [-0.2, 0) is 9.59 Å². The summed E-state index contributed by atoms with van der Waals surface area (Å²) in [4.78, 5) is 22.1.